The summed E-state index contributed by atoms with van der Waals surface area (Å²) in [6.07, 6.45) is 3.56. The van der Waals surface area contributed by atoms with Gasteiger partial charge in [-0.25, -0.2) is 8.42 Å². The molecule has 9 heteroatoms. The van der Waals surface area contributed by atoms with Crippen LogP contribution in [0.3, 0.4) is 0 Å². The molecule has 0 aliphatic heterocycles. The highest BCUT2D eigenvalue weighted by Crippen LogP contribution is 2.40. The summed E-state index contributed by atoms with van der Waals surface area (Å²) in [5.74, 6) is 0.0570. The van der Waals surface area contributed by atoms with Gasteiger partial charge in [-0.3, -0.25) is 0 Å². The lowest BCUT2D eigenvalue weighted by atomic mass is 10.2. The fourth-order valence-electron chi connectivity index (χ4n) is 1.26. The largest absolute Gasteiger partial charge is 0.243 e. The fraction of sp³-hybridized carbons (Fsp3) is 0.778. The topological polar surface area (TPSA) is 59.9 Å². The molecule has 0 aromatic carbocycles. The van der Waals surface area contributed by atoms with Crippen molar-refractivity contribution in [3.8, 4) is 0 Å². The van der Waals surface area contributed by atoms with Gasteiger partial charge >= 0.3 is 0 Å². The molecule has 0 fully saturated rings. The van der Waals surface area contributed by atoms with Gasteiger partial charge in [0.05, 0.1) is 5.75 Å². The minimum Gasteiger partial charge on any atom is -0.221 e. The molecule has 0 amide bonds. The summed E-state index contributed by atoms with van der Waals surface area (Å²) >= 11 is 17.6. The van der Waals surface area contributed by atoms with Crippen LogP contribution in [-0.2, 0) is 13.6 Å². The first kappa shape index (κ1) is 16.4. The monoisotopic (exact) mass is 350 g/mol. The van der Waals surface area contributed by atoms with E-state index in [1.54, 1.807) is 0 Å². The molecule has 0 bridgehead atoms. The Morgan fingerprint density at radius 2 is 1.83 bits per heavy atom. The Morgan fingerprint density at radius 3 is 2.33 bits per heavy atom. The van der Waals surface area contributed by atoms with Crippen LogP contribution in [0.2, 0.25) is 0 Å². The molecular formula is C9H13Cl3N2O2S2. The molecule has 4 nitrogen and oxygen atoms in total. The molecule has 0 spiro atoms. The second-order valence-electron chi connectivity index (χ2n) is 3.75. The number of halogens is 3. The summed E-state index contributed by atoms with van der Waals surface area (Å²) in [5.41, 5.74) is 0. The van der Waals surface area contributed by atoms with E-state index in [0.717, 1.165) is 30.6 Å². The van der Waals surface area contributed by atoms with Crippen LogP contribution in [0.5, 0.6) is 0 Å². The van der Waals surface area contributed by atoms with Crippen LogP contribution < -0.4 is 0 Å². The van der Waals surface area contributed by atoms with Gasteiger partial charge in [0.15, 0.2) is 5.01 Å². The number of sulfone groups is 1. The first-order valence-electron chi connectivity index (χ1n) is 5.41. The highest BCUT2D eigenvalue weighted by molar-refractivity contribution is 7.93. The lowest BCUT2D eigenvalue weighted by Gasteiger charge is -2.03. The minimum absolute atomic E-state index is 0.0570. The van der Waals surface area contributed by atoms with Crippen molar-refractivity contribution in [2.24, 2.45) is 0 Å². The maximum absolute atomic E-state index is 11.9. The number of unbranched alkanes of at least 4 members (excludes halogenated alkanes) is 3. The average Bonchev–Trinajstić information content (AvgIpc) is 2.73. The van der Waals surface area contributed by atoms with Crippen molar-refractivity contribution in [1.29, 1.82) is 0 Å². The smallest absolute Gasteiger partial charge is 0.221 e. The quantitative estimate of drug-likeness (QED) is 0.579. The molecule has 104 valence electrons. The van der Waals surface area contributed by atoms with Crippen molar-refractivity contribution in [3.63, 3.8) is 0 Å². The van der Waals surface area contributed by atoms with Gasteiger partial charge in [0, 0.05) is 0 Å². The molecule has 0 saturated heterocycles. The molecule has 0 radical (unpaired) electrons. The van der Waals surface area contributed by atoms with Crippen molar-refractivity contribution >= 4 is 56.0 Å². The maximum Gasteiger partial charge on any atom is 0.243 e. The third kappa shape index (κ3) is 4.81. The number of hydrogen-bond acceptors (Lipinski definition) is 5. The van der Waals surface area contributed by atoms with E-state index in [1.165, 1.54) is 0 Å². The van der Waals surface area contributed by atoms with Crippen LogP contribution in [0.25, 0.3) is 0 Å². The van der Waals surface area contributed by atoms with E-state index >= 15 is 0 Å². The van der Waals surface area contributed by atoms with E-state index in [9.17, 15) is 8.42 Å². The number of nitrogens with zero attached hydrogens (tertiary/aromatic N) is 2. The molecule has 1 aromatic heterocycles. The molecule has 0 aliphatic rings. The van der Waals surface area contributed by atoms with E-state index in [4.69, 9.17) is 34.8 Å². The van der Waals surface area contributed by atoms with Gasteiger partial charge in [0.2, 0.25) is 18.0 Å². The Bertz CT molecular complexity index is 482. The van der Waals surface area contributed by atoms with Crippen LogP contribution in [0.15, 0.2) is 4.34 Å². The third-order valence-electron chi connectivity index (χ3n) is 2.18. The first-order chi connectivity index (χ1) is 8.27. The summed E-state index contributed by atoms with van der Waals surface area (Å²) in [7, 11) is -3.41. The average molecular weight is 352 g/mol. The van der Waals surface area contributed by atoms with Crippen LogP contribution >= 0.6 is 46.1 Å². The second kappa shape index (κ2) is 6.70. The molecule has 0 N–H and O–H groups in total. The van der Waals surface area contributed by atoms with Crippen molar-refractivity contribution in [2.75, 3.05) is 5.75 Å². The van der Waals surface area contributed by atoms with E-state index in [0.29, 0.717) is 6.42 Å². The van der Waals surface area contributed by atoms with Crippen molar-refractivity contribution < 1.29 is 8.42 Å². The first-order valence-corrected chi connectivity index (χ1v) is 9.01. The van der Waals surface area contributed by atoms with Crippen molar-refractivity contribution in [1.82, 2.24) is 10.2 Å². The van der Waals surface area contributed by atoms with E-state index in [1.807, 2.05) is 0 Å². The molecule has 1 rings (SSSR count). The van der Waals surface area contributed by atoms with Crippen LogP contribution in [0, 0.1) is 0 Å². The molecular weight excluding hydrogens is 339 g/mol. The predicted molar refractivity (Wildman–Crippen MR) is 75.3 cm³/mol. The summed E-state index contributed by atoms with van der Waals surface area (Å²) in [4.78, 5) is 0. The Labute approximate surface area is 126 Å². The van der Waals surface area contributed by atoms with Crippen molar-refractivity contribution in [2.45, 2.75) is 40.7 Å². The van der Waals surface area contributed by atoms with Crippen LogP contribution in [-0.4, -0.2) is 24.4 Å². The van der Waals surface area contributed by atoms with Gasteiger partial charge < -0.3 is 0 Å². The van der Waals surface area contributed by atoms with Gasteiger partial charge in [-0.1, -0.05) is 72.3 Å². The zero-order valence-corrected chi connectivity index (χ0v) is 13.6. The van der Waals surface area contributed by atoms with E-state index < -0.39 is 13.6 Å². The van der Waals surface area contributed by atoms with Gasteiger partial charge in [0.25, 0.3) is 0 Å². The van der Waals surface area contributed by atoms with E-state index in [2.05, 4.69) is 17.1 Å². The van der Waals surface area contributed by atoms with Gasteiger partial charge in [-0.05, 0) is 6.42 Å². The van der Waals surface area contributed by atoms with Gasteiger partial charge in [0.1, 0.15) is 0 Å². The fourth-order valence-corrected chi connectivity index (χ4v) is 4.08. The Morgan fingerprint density at radius 1 is 1.17 bits per heavy atom. The normalized spacial score (nSPS) is 12.9. The highest BCUT2D eigenvalue weighted by Gasteiger charge is 2.30. The molecule has 0 aliphatic carbocycles. The molecule has 18 heavy (non-hydrogen) atoms. The molecule has 0 unspecified atom stereocenters. The Kier molecular flexibility index (Phi) is 6.12. The number of aromatic nitrogens is 2. The SMILES string of the molecule is CCCCCCS(=O)(=O)c1nnc(C(Cl)(Cl)Cl)s1. The van der Waals surface area contributed by atoms with Gasteiger partial charge in [-0.15, -0.1) is 10.2 Å². The lowest BCUT2D eigenvalue weighted by Crippen LogP contribution is -2.06. The predicted octanol–water partition coefficient (Wildman–Crippen LogP) is 3.72. The molecule has 1 heterocycles. The zero-order valence-electron chi connectivity index (χ0n) is 9.70. The Hall–Kier alpha value is 0.380. The molecule has 0 saturated carbocycles. The molecule has 0 atom stereocenters. The minimum atomic E-state index is -3.41. The van der Waals surface area contributed by atoms with Crippen molar-refractivity contribution in [3.05, 3.63) is 5.01 Å². The van der Waals surface area contributed by atoms with Crippen LogP contribution in [0.4, 0.5) is 0 Å². The highest BCUT2D eigenvalue weighted by atomic mass is 35.6. The van der Waals surface area contributed by atoms with Gasteiger partial charge in [-0.2, -0.15) is 0 Å². The second-order valence-corrected chi connectivity index (χ2v) is 9.29. The number of alkyl halides is 3. The summed E-state index contributed by atoms with van der Waals surface area (Å²) in [5, 5.41) is 7.24. The van der Waals surface area contributed by atoms with E-state index in [-0.39, 0.29) is 15.1 Å². The standard InChI is InChI=1S/C9H13Cl3N2O2S2/c1-2-3-4-5-6-18(15,16)8-14-13-7(17-8)9(10,11)12/h2-6H2,1H3. The zero-order chi connectivity index (χ0) is 13.8. The van der Waals surface area contributed by atoms with Crippen LogP contribution in [0.1, 0.15) is 37.6 Å². The lowest BCUT2D eigenvalue weighted by molar-refractivity contribution is 0.587. The number of rotatable bonds is 6. The summed E-state index contributed by atoms with van der Waals surface area (Å²) in [6, 6.07) is 0. The maximum atomic E-state index is 11.9. The summed E-state index contributed by atoms with van der Waals surface area (Å²) < 4.78 is 22.0. The summed E-state index contributed by atoms with van der Waals surface area (Å²) in [6.45, 7) is 2.06. The number of hydrogen-bond donors (Lipinski definition) is 0. The third-order valence-corrected chi connectivity index (χ3v) is 6.34. The molecule has 1 aromatic rings. The Balaban J connectivity index is 2.71.